The van der Waals surface area contributed by atoms with Gasteiger partial charge < -0.3 is 5.11 Å². The van der Waals surface area contributed by atoms with Crippen molar-refractivity contribution < 1.29 is 18.3 Å². The van der Waals surface area contributed by atoms with Crippen molar-refractivity contribution in [2.24, 2.45) is 0 Å². The van der Waals surface area contributed by atoms with Crippen LogP contribution in [-0.4, -0.2) is 73.0 Å². The van der Waals surface area contributed by atoms with Crippen LogP contribution in [0.3, 0.4) is 0 Å². The number of carbonyl (C=O) groups is 1. The molecule has 4 rings (SSSR count). The number of carbonyl (C=O) groups excluding carboxylic acids is 1. The van der Waals surface area contributed by atoms with Gasteiger partial charge in [0.15, 0.2) is 5.13 Å². The number of fused-ring (bicyclic) bond motifs is 1. The van der Waals surface area contributed by atoms with Crippen LogP contribution in [0.25, 0.3) is 10.2 Å². The van der Waals surface area contributed by atoms with Gasteiger partial charge in [0.1, 0.15) is 0 Å². The molecule has 1 aliphatic rings. The molecule has 0 spiro atoms. The second kappa shape index (κ2) is 8.78. The van der Waals surface area contributed by atoms with E-state index in [1.54, 1.807) is 12.1 Å². The predicted molar refractivity (Wildman–Crippen MR) is 116 cm³/mol. The SMILES string of the molecule is O=C(Nc1nc2ccccc2s1)c1cccc(S(=O)(=O)N2CCN(CCO)CC2)c1. The number of piperazine rings is 1. The van der Waals surface area contributed by atoms with Crippen LogP contribution in [-0.2, 0) is 10.0 Å². The number of aliphatic hydroxyl groups is 1. The molecule has 0 atom stereocenters. The third kappa shape index (κ3) is 4.37. The van der Waals surface area contributed by atoms with Gasteiger partial charge in [-0.2, -0.15) is 4.31 Å². The van der Waals surface area contributed by atoms with Crippen molar-refractivity contribution in [2.75, 3.05) is 44.6 Å². The molecule has 2 N–H and O–H groups in total. The summed E-state index contributed by atoms with van der Waals surface area (Å²) in [7, 11) is -3.70. The summed E-state index contributed by atoms with van der Waals surface area (Å²) in [6.45, 7) is 2.43. The molecule has 0 radical (unpaired) electrons. The van der Waals surface area contributed by atoms with Gasteiger partial charge in [0.2, 0.25) is 10.0 Å². The average Bonchev–Trinajstić information content (AvgIpc) is 3.17. The normalized spacial score (nSPS) is 16.0. The summed E-state index contributed by atoms with van der Waals surface area (Å²) in [6.07, 6.45) is 0. The molecule has 158 valence electrons. The van der Waals surface area contributed by atoms with E-state index in [9.17, 15) is 13.2 Å². The molecule has 2 aromatic carbocycles. The Bertz CT molecular complexity index is 1120. The highest BCUT2D eigenvalue weighted by molar-refractivity contribution is 7.89. The van der Waals surface area contributed by atoms with Crippen molar-refractivity contribution in [1.82, 2.24) is 14.2 Å². The number of thiazole rings is 1. The molecule has 1 saturated heterocycles. The largest absolute Gasteiger partial charge is 0.395 e. The first kappa shape index (κ1) is 20.9. The number of amides is 1. The van der Waals surface area contributed by atoms with E-state index in [1.165, 1.54) is 27.8 Å². The van der Waals surface area contributed by atoms with E-state index in [0.717, 1.165) is 10.2 Å². The molecule has 2 heterocycles. The van der Waals surface area contributed by atoms with Crippen molar-refractivity contribution in [3.63, 3.8) is 0 Å². The fourth-order valence-electron chi connectivity index (χ4n) is 3.38. The number of rotatable bonds is 6. The van der Waals surface area contributed by atoms with Crippen LogP contribution in [0.15, 0.2) is 53.4 Å². The van der Waals surface area contributed by atoms with Crippen LogP contribution in [0.4, 0.5) is 5.13 Å². The lowest BCUT2D eigenvalue weighted by atomic mass is 10.2. The second-order valence-corrected chi connectivity index (χ2v) is 9.91. The van der Waals surface area contributed by atoms with Crippen LogP contribution in [0, 0.1) is 0 Å². The molecule has 1 aromatic heterocycles. The summed E-state index contributed by atoms with van der Waals surface area (Å²) < 4.78 is 28.4. The van der Waals surface area contributed by atoms with Gasteiger partial charge in [-0.3, -0.25) is 15.0 Å². The van der Waals surface area contributed by atoms with Gasteiger partial charge in [0.05, 0.1) is 21.7 Å². The van der Waals surface area contributed by atoms with Gasteiger partial charge in [-0.1, -0.05) is 29.5 Å². The Morgan fingerprint density at radius 1 is 1.10 bits per heavy atom. The summed E-state index contributed by atoms with van der Waals surface area (Å²) in [5.41, 5.74) is 1.06. The van der Waals surface area contributed by atoms with Gasteiger partial charge in [0.25, 0.3) is 5.91 Å². The molecule has 0 saturated carbocycles. The lowest BCUT2D eigenvalue weighted by Gasteiger charge is -2.33. The Kier molecular flexibility index (Phi) is 6.11. The maximum atomic E-state index is 13.0. The van der Waals surface area contributed by atoms with Gasteiger partial charge in [-0.15, -0.1) is 0 Å². The Hall–Kier alpha value is -2.37. The van der Waals surface area contributed by atoms with Crippen LogP contribution in [0.5, 0.6) is 0 Å². The van der Waals surface area contributed by atoms with Crippen molar-refractivity contribution in [1.29, 1.82) is 0 Å². The minimum atomic E-state index is -3.70. The van der Waals surface area contributed by atoms with Crippen molar-refractivity contribution in [2.45, 2.75) is 4.90 Å². The molecular weight excluding hydrogens is 424 g/mol. The number of nitrogens with zero attached hydrogens (tertiary/aromatic N) is 3. The summed E-state index contributed by atoms with van der Waals surface area (Å²) in [4.78, 5) is 19.2. The molecule has 8 nitrogen and oxygen atoms in total. The van der Waals surface area contributed by atoms with Crippen LogP contribution < -0.4 is 5.32 Å². The monoisotopic (exact) mass is 446 g/mol. The number of para-hydroxylation sites is 1. The number of aromatic nitrogens is 1. The fraction of sp³-hybridized carbons (Fsp3) is 0.300. The minimum absolute atomic E-state index is 0.0541. The second-order valence-electron chi connectivity index (χ2n) is 6.94. The maximum absolute atomic E-state index is 13.0. The van der Waals surface area contributed by atoms with E-state index in [-0.39, 0.29) is 17.1 Å². The summed E-state index contributed by atoms with van der Waals surface area (Å²) >= 11 is 1.36. The molecule has 10 heteroatoms. The van der Waals surface area contributed by atoms with Crippen LogP contribution >= 0.6 is 11.3 Å². The molecule has 1 aliphatic heterocycles. The number of nitrogens with one attached hydrogen (secondary N) is 1. The topological polar surface area (TPSA) is 103 Å². The molecule has 30 heavy (non-hydrogen) atoms. The average molecular weight is 447 g/mol. The third-order valence-electron chi connectivity index (χ3n) is 5.00. The fourth-order valence-corrected chi connectivity index (χ4v) is 5.71. The van der Waals surface area contributed by atoms with Gasteiger partial charge in [0, 0.05) is 38.3 Å². The Labute approximate surface area is 178 Å². The van der Waals surface area contributed by atoms with E-state index in [2.05, 4.69) is 10.3 Å². The van der Waals surface area contributed by atoms with Crippen molar-refractivity contribution in [3.05, 3.63) is 54.1 Å². The molecule has 1 amide bonds. The Morgan fingerprint density at radius 3 is 2.60 bits per heavy atom. The summed E-state index contributed by atoms with van der Waals surface area (Å²) in [5.74, 6) is -0.404. The smallest absolute Gasteiger partial charge is 0.257 e. The first-order chi connectivity index (χ1) is 14.5. The summed E-state index contributed by atoms with van der Waals surface area (Å²) in [6, 6.07) is 13.6. The van der Waals surface area contributed by atoms with Gasteiger partial charge in [-0.05, 0) is 30.3 Å². The van der Waals surface area contributed by atoms with Crippen LogP contribution in [0.2, 0.25) is 0 Å². The van der Waals surface area contributed by atoms with Crippen molar-refractivity contribution >= 4 is 42.6 Å². The minimum Gasteiger partial charge on any atom is -0.395 e. The number of aliphatic hydroxyl groups excluding tert-OH is 1. The Morgan fingerprint density at radius 2 is 1.87 bits per heavy atom. The maximum Gasteiger partial charge on any atom is 0.257 e. The molecule has 0 unspecified atom stereocenters. The quantitative estimate of drug-likeness (QED) is 0.599. The van der Waals surface area contributed by atoms with Crippen LogP contribution in [0.1, 0.15) is 10.4 Å². The van der Waals surface area contributed by atoms with E-state index >= 15 is 0 Å². The van der Waals surface area contributed by atoms with Gasteiger partial charge in [-0.25, -0.2) is 13.4 Å². The molecule has 3 aromatic rings. The molecule has 0 aliphatic carbocycles. The van der Waals surface area contributed by atoms with Crippen molar-refractivity contribution in [3.8, 4) is 0 Å². The third-order valence-corrected chi connectivity index (χ3v) is 7.84. The number of β-amino-alcohol motifs (C(OH)–C–C–N with tert-alkyl or cyclic N) is 1. The highest BCUT2D eigenvalue weighted by atomic mass is 32.2. The number of hydrogen-bond acceptors (Lipinski definition) is 7. The first-order valence-corrected chi connectivity index (χ1v) is 11.8. The Balaban J connectivity index is 1.49. The zero-order valence-electron chi connectivity index (χ0n) is 16.2. The highest BCUT2D eigenvalue weighted by Gasteiger charge is 2.28. The number of sulfonamides is 1. The standard InChI is InChI=1S/C20H22N4O4S2/c25-13-12-23-8-10-24(11-9-23)30(27,28)16-5-3-4-15(14-16)19(26)22-20-21-17-6-1-2-7-18(17)29-20/h1-7,14,25H,8-13H2,(H,21,22,26). The van der Waals surface area contributed by atoms with Gasteiger partial charge >= 0.3 is 0 Å². The zero-order chi connectivity index (χ0) is 21.1. The first-order valence-electron chi connectivity index (χ1n) is 9.58. The van der Waals surface area contributed by atoms with E-state index in [4.69, 9.17) is 5.11 Å². The zero-order valence-corrected chi connectivity index (χ0v) is 17.8. The van der Waals surface area contributed by atoms with E-state index in [1.807, 2.05) is 29.2 Å². The molecule has 0 bridgehead atoms. The van der Waals surface area contributed by atoms with E-state index < -0.39 is 15.9 Å². The molecular formula is C20H22N4O4S2. The lowest BCUT2D eigenvalue weighted by Crippen LogP contribution is -2.49. The summed E-state index contributed by atoms with van der Waals surface area (Å²) in [5, 5.41) is 12.3. The lowest BCUT2D eigenvalue weighted by molar-refractivity contribution is 0.102. The number of benzene rings is 2. The van der Waals surface area contributed by atoms with E-state index in [0.29, 0.717) is 37.9 Å². The number of hydrogen-bond donors (Lipinski definition) is 2. The highest BCUT2D eigenvalue weighted by Crippen LogP contribution is 2.26. The molecule has 1 fully saturated rings. The number of anilines is 1. The predicted octanol–water partition coefficient (Wildman–Crippen LogP) is 1.85.